The number of aromatic nitrogens is 2. The molecule has 0 saturated carbocycles. The van der Waals surface area contributed by atoms with Crippen molar-refractivity contribution in [2.45, 2.75) is 18.0 Å². The number of fused-ring (bicyclic) bond motifs is 2. The minimum atomic E-state index is -3.55. The molecule has 0 bridgehead atoms. The van der Waals surface area contributed by atoms with Crippen molar-refractivity contribution >= 4 is 33.2 Å². The van der Waals surface area contributed by atoms with Crippen LogP contribution in [0.4, 0.5) is 5.82 Å². The number of aromatic amines is 1. The second kappa shape index (κ2) is 5.72. The Kier molecular flexibility index (Phi) is 3.75. The highest BCUT2D eigenvalue weighted by molar-refractivity contribution is 7.90. The molecule has 0 radical (unpaired) electrons. The molecule has 1 aromatic heterocycles. The fourth-order valence-electron chi connectivity index (χ4n) is 3.12. The predicted molar refractivity (Wildman–Crippen MR) is 92.2 cm³/mol. The molecule has 2 aromatic rings. The first kappa shape index (κ1) is 16.4. The first-order chi connectivity index (χ1) is 11.8. The van der Waals surface area contributed by atoms with Crippen molar-refractivity contribution < 1.29 is 13.2 Å². The van der Waals surface area contributed by atoms with E-state index in [0.29, 0.717) is 30.5 Å². The maximum absolute atomic E-state index is 12.7. The Labute approximate surface area is 149 Å². The second-order valence-corrected chi connectivity index (χ2v) is 8.46. The SMILES string of the molecule is CS(=O)(=O)c1nc2c([nH]1)C(=O)N1CCNC1N2Cc1ccc(Cl)cc1. The van der Waals surface area contributed by atoms with Crippen LogP contribution in [-0.4, -0.2) is 54.8 Å². The Balaban J connectivity index is 1.79. The second-order valence-electron chi connectivity index (χ2n) is 6.09. The molecule has 25 heavy (non-hydrogen) atoms. The summed E-state index contributed by atoms with van der Waals surface area (Å²) in [6.07, 6.45) is 0.705. The summed E-state index contributed by atoms with van der Waals surface area (Å²) >= 11 is 5.93. The zero-order valence-electron chi connectivity index (χ0n) is 13.4. The van der Waals surface area contributed by atoms with Crippen LogP contribution in [0.1, 0.15) is 16.1 Å². The molecule has 8 nitrogen and oxygen atoms in total. The summed E-state index contributed by atoms with van der Waals surface area (Å²) in [5, 5.41) is 3.70. The fourth-order valence-corrected chi connectivity index (χ4v) is 3.79. The molecule has 1 fully saturated rings. The number of carbonyl (C=O) groups is 1. The Hall–Kier alpha value is -2.10. The third kappa shape index (κ3) is 2.78. The van der Waals surface area contributed by atoms with Gasteiger partial charge in [0.1, 0.15) is 5.69 Å². The molecule has 2 aliphatic rings. The third-order valence-corrected chi connectivity index (χ3v) is 5.44. The lowest BCUT2D eigenvalue weighted by atomic mass is 10.2. The molecule has 4 rings (SSSR count). The van der Waals surface area contributed by atoms with Gasteiger partial charge in [0.15, 0.2) is 12.1 Å². The molecule has 1 saturated heterocycles. The summed E-state index contributed by atoms with van der Waals surface area (Å²) in [6, 6.07) is 7.36. The van der Waals surface area contributed by atoms with Crippen LogP contribution in [0.5, 0.6) is 0 Å². The quantitative estimate of drug-likeness (QED) is 0.816. The smallest absolute Gasteiger partial charge is 0.276 e. The summed E-state index contributed by atoms with van der Waals surface area (Å²) < 4.78 is 23.7. The molecule has 0 spiro atoms. The standard InChI is InChI=1S/C15H16ClN5O3S/c1-25(23,24)14-18-11-12(19-14)21(8-9-2-4-10(16)5-3-9)15-17-6-7-20(15)13(11)22/h2-5,15,17H,6-8H2,1H3,(H,18,19). The van der Waals surface area contributed by atoms with E-state index in [-0.39, 0.29) is 23.0 Å². The number of anilines is 1. The zero-order valence-corrected chi connectivity index (χ0v) is 14.9. The topological polar surface area (TPSA) is 98.4 Å². The van der Waals surface area contributed by atoms with E-state index in [1.807, 2.05) is 17.0 Å². The van der Waals surface area contributed by atoms with E-state index in [4.69, 9.17) is 11.6 Å². The van der Waals surface area contributed by atoms with E-state index in [1.54, 1.807) is 17.0 Å². The van der Waals surface area contributed by atoms with Crippen molar-refractivity contribution in [3.8, 4) is 0 Å². The number of H-pyrrole nitrogens is 1. The number of nitrogens with one attached hydrogen (secondary N) is 2. The van der Waals surface area contributed by atoms with E-state index in [1.165, 1.54) is 0 Å². The van der Waals surface area contributed by atoms with Crippen molar-refractivity contribution in [3.63, 3.8) is 0 Å². The number of sulfone groups is 1. The summed E-state index contributed by atoms with van der Waals surface area (Å²) in [5.41, 5.74) is 1.18. The first-order valence-electron chi connectivity index (χ1n) is 7.70. The van der Waals surface area contributed by atoms with Crippen molar-refractivity contribution in [2.75, 3.05) is 24.2 Å². The Morgan fingerprint density at radius 3 is 2.72 bits per heavy atom. The largest absolute Gasteiger partial charge is 0.323 e. The van der Waals surface area contributed by atoms with Gasteiger partial charge in [-0.1, -0.05) is 23.7 Å². The minimum absolute atomic E-state index is 0.201. The molecular weight excluding hydrogens is 366 g/mol. The molecule has 1 atom stereocenters. The summed E-state index contributed by atoms with van der Waals surface area (Å²) in [4.78, 5) is 23.1. The Morgan fingerprint density at radius 2 is 2.04 bits per heavy atom. The van der Waals surface area contributed by atoms with Gasteiger partial charge in [-0.05, 0) is 17.7 Å². The summed E-state index contributed by atoms with van der Waals surface area (Å²) in [6.45, 7) is 1.67. The molecule has 1 unspecified atom stereocenters. The molecule has 1 amide bonds. The van der Waals surface area contributed by atoms with Gasteiger partial charge in [-0.2, -0.15) is 0 Å². The molecule has 3 heterocycles. The van der Waals surface area contributed by atoms with Crippen LogP contribution >= 0.6 is 11.6 Å². The van der Waals surface area contributed by atoms with Gasteiger partial charge in [0.25, 0.3) is 5.91 Å². The zero-order chi connectivity index (χ0) is 17.8. The Morgan fingerprint density at radius 1 is 1.32 bits per heavy atom. The fraction of sp³-hybridized carbons (Fsp3) is 0.333. The number of rotatable bonds is 3. The lowest BCUT2D eigenvalue weighted by Crippen LogP contribution is -2.56. The van der Waals surface area contributed by atoms with Crippen LogP contribution in [0.2, 0.25) is 5.02 Å². The molecule has 0 aliphatic carbocycles. The van der Waals surface area contributed by atoms with Gasteiger partial charge in [0.05, 0.1) is 0 Å². The lowest BCUT2D eigenvalue weighted by Gasteiger charge is -2.39. The molecular formula is C15H16ClN5O3S. The summed E-state index contributed by atoms with van der Waals surface area (Å²) in [5.74, 6) is 0.0933. The summed E-state index contributed by atoms with van der Waals surface area (Å²) in [7, 11) is -3.55. The van der Waals surface area contributed by atoms with Crippen LogP contribution in [0, 0.1) is 0 Å². The maximum atomic E-state index is 12.7. The number of carbonyl (C=O) groups excluding carboxylic acids is 1. The highest BCUT2D eigenvalue weighted by atomic mass is 35.5. The number of nitrogens with zero attached hydrogens (tertiary/aromatic N) is 3. The number of hydrogen-bond donors (Lipinski definition) is 2. The van der Waals surface area contributed by atoms with Crippen molar-refractivity contribution in [1.82, 2.24) is 20.2 Å². The monoisotopic (exact) mass is 381 g/mol. The van der Waals surface area contributed by atoms with Gasteiger partial charge in [-0.25, -0.2) is 13.4 Å². The van der Waals surface area contributed by atoms with Gasteiger partial charge in [0.2, 0.25) is 15.0 Å². The van der Waals surface area contributed by atoms with Crippen LogP contribution in [0.15, 0.2) is 29.4 Å². The molecule has 10 heteroatoms. The van der Waals surface area contributed by atoms with Crippen molar-refractivity contribution in [1.29, 1.82) is 0 Å². The van der Waals surface area contributed by atoms with Crippen LogP contribution < -0.4 is 10.2 Å². The van der Waals surface area contributed by atoms with Gasteiger partial charge >= 0.3 is 0 Å². The van der Waals surface area contributed by atoms with E-state index >= 15 is 0 Å². The van der Waals surface area contributed by atoms with Crippen molar-refractivity contribution in [3.05, 3.63) is 40.5 Å². The number of imidazole rings is 1. The molecule has 1 aromatic carbocycles. The van der Waals surface area contributed by atoms with E-state index in [9.17, 15) is 13.2 Å². The van der Waals surface area contributed by atoms with Crippen molar-refractivity contribution in [2.24, 2.45) is 0 Å². The van der Waals surface area contributed by atoms with Crippen LogP contribution in [0.25, 0.3) is 0 Å². The van der Waals surface area contributed by atoms with E-state index in [0.717, 1.165) is 11.8 Å². The van der Waals surface area contributed by atoms with Gasteiger partial charge in [-0.3, -0.25) is 10.1 Å². The lowest BCUT2D eigenvalue weighted by molar-refractivity contribution is 0.0697. The highest BCUT2D eigenvalue weighted by Gasteiger charge is 2.43. The molecule has 132 valence electrons. The van der Waals surface area contributed by atoms with Gasteiger partial charge in [-0.15, -0.1) is 0 Å². The maximum Gasteiger partial charge on any atom is 0.276 e. The van der Waals surface area contributed by atoms with Gasteiger partial charge < -0.3 is 14.8 Å². The normalized spacial score (nSPS) is 19.9. The molecule has 2 aliphatic heterocycles. The highest BCUT2D eigenvalue weighted by Crippen LogP contribution is 2.32. The average molecular weight is 382 g/mol. The average Bonchev–Trinajstić information content (AvgIpc) is 3.20. The van der Waals surface area contributed by atoms with Crippen LogP contribution in [-0.2, 0) is 16.4 Å². The number of halogens is 1. The van der Waals surface area contributed by atoms with E-state index < -0.39 is 9.84 Å². The van der Waals surface area contributed by atoms with Gasteiger partial charge in [0, 0.05) is 30.9 Å². The first-order valence-corrected chi connectivity index (χ1v) is 9.97. The molecule has 2 N–H and O–H groups in total. The third-order valence-electron chi connectivity index (χ3n) is 4.30. The van der Waals surface area contributed by atoms with E-state index in [2.05, 4.69) is 15.3 Å². The Bertz CT molecular complexity index is 941. The predicted octanol–water partition coefficient (Wildman–Crippen LogP) is 0.816. The number of benzene rings is 1. The number of amides is 1. The van der Waals surface area contributed by atoms with Crippen LogP contribution in [0.3, 0.4) is 0 Å². The minimum Gasteiger partial charge on any atom is -0.323 e. The number of hydrogen-bond acceptors (Lipinski definition) is 6.